The number of thioether (sulfide) groups is 1. The molecule has 0 unspecified atom stereocenters. The third kappa shape index (κ3) is 7.85. The Balaban J connectivity index is 2.31. The molecule has 1 aromatic carbocycles. The molecule has 0 aliphatic rings. The summed E-state index contributed by atoms with van der Waals surface area (Å²) in [6.45, 7) is 0.460. The van der Waals surface area contributed by atoms with E-state index in [4.69, 9.17) is 16.7 Å². The summed E-state index contributed by atoms with van der Waals surface area (Å²) in [5, 5.41) is 22.4. The van der Waals surface area contributed by atoms with Crippen LogP contribution in [0.5, 0.6) is 0 Å². The van der Waals surface area contributed by atoms with Gasteiger partial charge in [0.1, 0.15) is 0 Å². The van der Waals surface area contributed by atoms with Crippen molar-refractivity contribution in [2.24, 2.45) is 0 Å². The molecule has 0 aromatic heterocycles. The molecule has 0 bridgehead atoms. The van der Waals surface area contributed by atoms with E-state index in [2.05, 4.69) is 5.32 Å². The molecule has 23 heavy (non-hydrogen) atoms. The van der Waals surface area contributed by atoms with Crippen molar-refractivity contribution < 1.29 is 19.6 Å². The Morgan fingerprint density at radius 2 is 2.04 bits per heavy atom. The number of nitrogens with one attached hydrogen (secondary N) is 1. The first-order valence-electron chi connectivity index (χ1n) is 6.95. The van der Waals surface area contributed by atoms with E-state index in [1.165, 1.54) is 18.2 Å². The van der Waals surface area contributed by atoms with Crippen molar-refractivity contribution in [1.82, 2.24) is 5.32 Å². The van der Waals surface area contributed by atoms with Crippen LogP contribution >= 0.6 is 23.4 Å². The van der Waals surface area contributed by atoms with Gasteiger partial charge in [-0.05, 0) is 25.0 Å². The standard InChI is InChI=1S/C14H17ClN2O5S/c15-10-5-6-12(11(8-10)17(21)22)23-9-13(18)16-7-3-1-2-4-14(19)20/h5-6,8H,1-4,7,9H2,(H,16,18)(H,19,20). The van der Waals surface area contributed by atoms with Crippen LogP contribution in [0.15, 0.2) is 23.1 Å². The second-order valence-corrected chi connectivity index (χ2v) is 6.17. The van der Waals surface area contributed by atoms with E-state index in [0.717, 1.165) is 18.2 Å². The Morgan fingerprint density at radius 3 is 2.70 bits per heavy atom. The molecule has 0 fully saturated rings. The van der Waals surface area contributed by atoms with Crippen LogP contribution in [0.4, 0.5) is 5.69 Å². The number of nitrogens with zero attached hydrogens (tertiary/aromatic N) is 1. The molecule has 1 aromatic rings. The smallest absolute Gasteiger partial charge is 0.303 e. The van der Waals surface area contributed by atoms with E-state index in [1.54, 1.807) is 0 Å². The summed E-state index contributed by atoms with van der Waals surface area (Å²) in [5.41, 5.74) is -0.121. The molecule has 0 heterocycles. The van der Waals surface area contributed by atoms with Gasteiger partial charge < -0.3 is 10.4 Å². The van der Waals surface area contributed by atoms with Crippen molar-refractivity contribution in [2.45, 2.75) is 30.6 Å². The Hall–Kier alpha value is -1.80. The molecule has 7 nitrogen and oxygen atoms in total. The number of benzene rings is 1. The maximum Gasteiger partial charge on any atom is 0.303 e. The molecule has 0 atom stereocenters. The minimum absolute atomic E-state index is 0.0671. The van der Waals surface area contributed by atoms with Gasteiger partial charge in [0.05, 0.1) is 15.6 Å². The lowest BCUT2D eigenvalue weighted by Gasteiger charge is -2.05. The van der Waals surface area contributed by atoms with E-state index in [9.17, 15) is 19.7 Å². The summed E-state index contributed by atoms with van der Waals surface area (Å²) in [5.74, 6) is -0.982. The molecule has 9 heteroatoms. The lowest BCUT2D eigenvalue weighted by Crippen LogP contribution is -2.26. The third-order valence-corrected chi connectivity index (χ3v) is 4.16. The molecular weight excluding hydrogens is 344 g/mol. The van der Waals surface area contributed by atoms with Crippen molar-refractivity contribution in [3.63, 3.8) is 0 Å². The molecule has 1 rings (SSSR count). The summed E-state index contributed by atoms with van der Waals surface area (Å²) in [7, 11) is 0. The van der Waals surface area contributed by atoms with E-state index in [1.807, 2.05) is 0 Å². The van der Waals surface area contributed by atoms with Crippen molar-refractivity contribution in [1.29, 1.82) is 0 Å². The summed E-state index contributed by atoms with van der Waals surface area (Å²) >= 11 is 6.80. The van der Waals surface area contributed by atoms with Crippen molar-refractivity contribution in [3.8, 4) is 0 Å². The van der Waals surface area contributed by atoms with Crippen LogP contribution < -0.4 is 5.32 Å². The first-order chi connectivity index (χ1) is 10.9. The van der Waals surface area contributed by atoms with Gasteiger partial charge in [0.15, 0.2) is 0 Å². The van der Waals surface area contributed by atoms with Gasteiger partial charge in [0.2, 0.25) is 5.91 Å². The molecule has 1 amide bonds. The van der Waals surface area contributed by atoms with Crippen LogP contribution in [0.25, 0.3) is 0 Å². The van der Waals surface area contributed by atoms with Crippen LogP contribution in [-0.2, 0) is 9.59 Å². The number of rotatable bonds is 10. The highest BCUT2D eigenvalue weighted by Crippen LogP contribution is 2.31. The fourth-order valence-corrected chi connectivity index (χ4v) is 2.76. The van der Waals surface area contributed by atoms with Gasteiger partial charge in [-0.25, -0.2) is 0 Å². The fraction of sp³-hybridized carbons (Fsp3) is 0.429. The van der Waals surface area contributed by atoms with Crippen molar-refractivity contribution >= 4 is 40.9 Å². The molecule has 126 valence electrons. The SMILES string of the molecule is O=C(O)CCCCCNC(=O)CSc1ccc(Cl)cc1[N+](=O)[O-]. The number of nitro benzene ring substituents is 1. The average molecular weight is 361 g/mol. The Bertz CT molecular complexity index is 582. The monoisotopic (exact) mass is 360 g/mol. The Kier molecular flexibility index (Phi) is 8.42. The topological polar surface area (TPSA) is 110 Å². The first kappa shape index (κ1) is 19.2. The third-order valence-electron chi connectivity index (χ3n) is 2.87. The minimum atomic E-state index is -0.824. The van der Waals surface area contributed by atoms with Crippen LogP contribution in [0.1, 0.15) is 25.7 Å². The average Bonchev–Trinajstić information content (AvgIpc) is 2.49. The second-order valence-electron chi connectivity index (χ2n) is 4.71. The molecule has 0 spiro atoms. The highest BCUT2D eigenvalue weighted by atomic mass is 35.5. The zero-order valence-corrected chi connectivity index (χ0v) is 13.9. The minimum Gasteiger partial charge on any atom is -0.481 e. The number of hydrogen-bond acceptors (Lipinski definition) is 5. The van der Waals surface area contributed by atoms with Crippen LogP contribution in [0.3, 0.4) is 0 Å². The predicted octanol–water partition coefficient (Wildman–Crippen LogP) is 3.10. The number of hydrogen-bond donors (Lipinski definition) is 2. The molecule has 0 radical (unpaired) electrons. The number of aliphatic carboxylic acids is 1. The number of carboxylic acids is 1. The fourth-order valence-electron chi connectivity index (χ4n) is 1.76. The molecule has 2 N–H and O–H groups in total. The normalized spacial score (nSPS) is 10.3. The van der Waals surface area contributed by atoms with Gasteiger partial charge in [-0.2, -0.15) is 0 Å². The number of unbranched alkanes of at least 4 members (excludes halogenated alkanes) is 2. The molecule has 0 aliphatic carbocycles. The highest BCUT2D eigenvalue weighted by Gasteiger charge is 2.15. The van der Waals surface area contributed by atoms with E-state index in [0.29, 0.717) is 24.3 Å². The largest absolute Gasteiger partial charge is 0.481 e. The van der Waals surface area contributed by atoms with E-state index < -0.39 is 10.9 Å². The Labute approximate surface area is 142 Å². The van der Waals surface area contributed by atoms with Crippen molar-refractivity contribution in [2.75, 3.05) is 12.3 Å². The first-order valence-corrected chi connectivity index (χ1v) is 8.31. The quantitative estimate of drug-likeness (QED) is 0.287. The summed E-state index contributed by atoms with van der Waals surface area (Å²) in [6.07, 6.45) is 2.13. The molecular formula is C14H17ClN2O5S. The number of carbonyl (C=O) groups excluding carboxylic acids is 1. The summed E-state index contributed by atoms with van der Waals surface area (Å²) in [6, 6.07) is 4.31. The molecule has 0 saturated heterocycles. The number of carbonyl (C=O) groups is 2. The predicted molar refractivity (Wildman–Crippen MR) is 87.9 cm³/mol. The Morgan fingerprint density at radius 1 is 1.30 bits per heavy atom. The molecule has 0 saturated carbocycles. The maximum absolute atomic E-state index is 11.7. The number of halogens is 1. The van der Waals surface area contributed by atoms with Gasteiger partial charge >= 0.3 is 5.97 Å². The molecule has 0 aliphatic heterocycles. The van der Waals surface area contributed by atoms with Gasteiger partial charge in [0, 0.05) is 24.1 Å². The van der Waals surface area contributed by atoms with E-state index in [-0.39, 0.29) is 28.8 Å². The van der Waals surface area contributed by atoms with Gasteiger partial charge in [-0.1, -0.05) is 18.0 Å². The van der Waals surface area contributed by atoms with Crippen LogP contribution in [0, 0.1) is 10.1 Å². The van der Waals surface area contributed by atoms with Crippen LogP contribution in [-0.4, -0.2) is 34.2 Å². The highest BCUT2D eigenvalue weighted by molar-refractivity contribution is 8.00. The number of carboxylic acid groups (broad SMARTS) is 1. The summed E-state index contributed by atoms with van der Waals surface area (Å²) < 4.78 is 0. The second kappa shape index (κ2) is 10.1. The lowest BCUT2D eigenvalue weighted by atomic mass is 10.2. The van der Waals surface area contributed by atoms with E-state index >= 15 is 0 Å². The van der Waals surface area contributed by atoms with Gasteiger partial charge in [-0.15, -0.1) is 11.8 Å². The zero-order chi connectivity index (χ0) is 17.2. The summed E-state index contributed by atoms with van der Waals surface area (Å²) in [4.78, 5) is 32.8. The number of amides is 1. The van der Waals surface area contributed by atoms with Gasteiger partial charge in [0.25, 0.3) is 5.69 Å². The maximum atomic E-state index is 11.7. The lowest BCUT2D eigenvalue weighted by molar-refractivity contribution is -0.387. The van der Waals surface area contributed by atoms with Gasteiger partial charge in [-0.3, -0.25) is 19.7 Å². The number of nitro groups is 1. The zero-order valence-electron chi connectivity index (χ0n) is 12.3. The van der Waals surface area contributed by atoms with Crippen LogP contribution in [0.2, 0.25) is 5.02 Å². The van der Waals surface area contributed by atoms with Crippen molar-refractivity contribution in [3.05, 3.63) is 33.3 Å².